The summed E-state index contributed by atoms with van der Waals surface area (Å²) >= 11 is 0. The Morgan fingerprint density at radius 2 is 1.71 bits per heavy atom. The van der Waals surface area contributed by atoms with Crippen LogP contribution in [0.4, 0.5) is 13.2 Å². The van der Waals surface area contributed by atoms with Crippen molar-refractivity contribution >= 4 is 0 Å². The summed E-state index contributed by atoms with van der Waals surface area (Å²) in [4.78, 5) is 15.9. The number of alkyl halides is 3. The van der Waals surface area contributed by atoms with E-state index in [1.54, 1.807) is 24.3 Å². The quantitative estimate of drug-likeness (QED) is 0.362. The van der Waals surface area contributed by atoms with Gasteiger partial charge in [0.1, 0.15) is 5.75 Å². The fourth-order valence-electron chi connectivity index (χ4n) is 3.53. The second-order valence-corrected chi connectivity index (χ2v) is 7.93. The highest BCUT2D eigenvalue weighted by Gasteiger charge is 2.26. The monoisotopic (exact) mass is 469 g/mol. The van der Waals surface area contributed by atoms with E-state index in [0.717, 1.165) is 16.7 Å². The predicted octanol–water partition coefficient (Wildman–Crippen LogP) is 5.23. The first-order valence-electron chi connectivity index (χ1n) is 10.6. The molecule has 0 atom stereocenters. The first kappa shape index (κ1) is 23.2. The molecule has 0 bridgehead atoms. The summed E-state index contributed by atoms with van der Waals surface area (Å²) in [5, 5.41) is 13.9. The fraction of sp³-hybridized carbons (Fsp3) is 0.250. The average Bonchev–Trinajstić information content (AvgIpc) is 3.32. The highest BCUT2D eigenvalue weighted by Crippen LogP contribution is 2.32. The van der Waals surface area contributed by atoms with Crippen LogP contribution in [-0.4, -0.2) is 38.4 Å². The number of H-pyrrole nitrogens is 2. The SMILES string of the molecule is Cc1ccc(-c2cc(-c3ccc(OCCCC(F)(F)F)cc3)[nH]c(=O)c2-c2nn[nH]n2)cc1C. The van der Waals surface area contributed by atoms with Gasteiger partial charge in [-0.05, 0) is 78.1 Å². The van der Waals surface area contributed by atoms with E-state index in [0.29, 0.717) is 28.1 Å². The minimum absolute atomic E-state index is 0.0357. The third kappa shape index (κ3) is 5.33. The number of nitrogens with one attached hydrogen (secondary N) is 2. The summed E-state index contributed by atoms with van der Waals surface area (Å²) in [6.07, 6.45) is -5.20. The Bertz CT molecular complexity index is 1330. The molecule has 2 aromatic carbocycles. The number of hydrogen-bond acceptors (Lipinski definition) is 5. The number of aromatic nitrogens is 5. The predicted molar refractivity (Wildman–Crippen MR) is 121 cm³/mol. The van der Waals surface area contributed by atoms with Crippen LogP contribution in [0.15, 0.2) is 53.3 Å². The maximum Gasteiger partial charge on any atom is 0.389 e. The van der Waals surface area contributed by atoms with Crippen LogP contribution in [0.25, 0.3) is 33.8 Å². The molecular formula is C24H22F3N5O2. The Balaban J connectivity index is 1.66. The molecule has 4 aromatic rings. The Kier molecular flexibility index (Phi) is 6.49. The Morgan fingerprint density at radius 1 is 0.971 bits per heavy atom. The molecule has 0 fully saturated rings. The van der Waals surface area contributed by atoms with Gasteiger partial charge >= 0.3 is 6.18 Å². The Labute approximate surface area is 193 Å². The van der Waals surface area contributed by atoms with E-state index in [9.17, 15) is 18.0 Å². The molecule has 0 spiro atoms. The van der Waals surface area contributed by atoms with Gasteiger partial charge in [-0.1, -0.05) is 18.2 Å². The smallest absolute Gasteiger partial charge is 0.389 e. The molecular weight excluding hydrogens is 447 g/mol. The minimum Gasteiger partial charge on any atom is -0.494 e. The van der Waals surface area contributed by atoms with Gasteiger partial charge in [0, 0.05) is 17.7 Å². The summed E-state index contributed by atoms with van der Waals surface area (Å²) in [6.45, 7) is 3.97. The molecule has 7 nitrogen and oxygen atoms in total. The molecule has 2 heterocycles. The lowest BCUT2D eigenvalue weighted by molar-refractivity contribution is -0.136. The van der Waals surface area contributed by atoms with Crippen molar-refractivity contribution in [1.29, 1.82) is 0 Å². The van der Waals surface area contributed by atoms with Crippen molar-refractivity contribution in [2.45, 2.75) is 32.9 Å². The van der Waals surface area contributed by atoms with Crippen molar-refractivity contribution in [2.24, 2.45) is 0 Å². The van der Waals surface area contributed by atoms with Crippen LogP contribution in [0.1, 0.15) is 24.0 Å². The van der Waals surface area contributed by atoms with Crippen LogP contribution in [-0.2, 0) is 0 Å². The van der Waals surface area contributed by atoms with Crippen molar-refractivity contribution in [1.82, 2.24) is 25.6 Å². The van der Waals surface area contributed by atoms with Crippen LogP contribution >= 0.6 is 0 Å². The zero-order valence-corrected chi connectivity index (χ0v) is 18.5. The molecule has 0 saturated heterocycles. The number of halogens is 3. The molecule has 10 heteroatoms. The number of nitrogens with zero attached hydrogens (tertiary/aromatic N) is 3. The zero-order valence-electron chi connectivity index (χ0n) is 18.5. The van der Waals surface area contributed by atoms with Crippen molar-refractivity contribution in [3.05, 3.63) is 70.0 Å². The highest BCUT2D eigenvalue weighted by atomic mass is 19.4. The fourth-order valence-corrected chi connectivity index (χ4v) is 3.53. The molecule has 0 amide bonds. The summed E-state index contributed by atoms with van der Waals surface area (Å²) in [6, 6.07) is 14.5. The van der Waals surface area contributed by atoms with E-state index in [2.05, 4.69) is 25.6 Å². The number of pyridine rings is 1. The second-order valence-electron chi connectivity index (χ2n) is 7.93. The topological polar surface area (TPSA) is 96.5 Å². The molecule has 34 heavy (non-hydrogen) atoms. The van der Waals surface area contributed by atoms with E-state index >= 15 is 0 Å². The number of aryl methyl sites for hydroxylation is 2. The lowest BCUT2D eigenvalue weighted by Crippen LogP contribution is -2.13. The van der Waals surface area contributed by atoms with Gasteiger partial charge < -0.3 is 9.72 Å². The standard InChI is InChI=1S/C24H22F3N5O2/c1-14-4-5-17(12-15(14)2)19-13-20(28-23(33)21(19)22-29-31-32-30-22)16-6-8-18(9-7-16)34-11-3-10-24(25,26)27/h4-9,12-13H,3,10-11H2,1-2H3,(H,28,33)(H,29,30,31,32). The van der Waals surface area contributed by atoms with Crippen LogP contribution in [0.5, 0.6) is 5.75 Å². The van der Waals surface area contributed by atoms with Gasteiger partial charge in [0.25, 0.3) is 5.56 Å². The molecule has 176 valence electrons. The number of ether oxygens (including phenoxy) is 1. The molecule has 0 aliphatic rings. The Morgan fingerprint density at radius 3 is 2.35 bits per heavy atom. The lowest BCUT2D eigenvalue weighted by Gasteiger charge is -2.12. The van der Waals surface area contributed by atoms with E-state index in [1.165, 1.54) is 0 Å². The summed E-state index contributed by atoms with van der Waals surface area (Å²) in [5.74, 6) is 0.634. The van der Waals surface area contributed by atoms with Crippen LogP contribution < -0.4 is 10.3 Å². The maximum atomic E-state index is 13.1. The summed E-state index contributed by atoms with van der Waals surface area (Å²) in [7, 11) is 0. The number of aromatic amines is 2. The number of rotatable bonds is 7. The first-order valence-corrected chi connectivity index (χ1v) is 10.6. The molecule has 2 aromatic heterocycles. The van der Waals surface area contributed by atoms with Gasteiger partial charge in [0.15, 0.2) is 0 Å². The molecule has 0 aliphatic carbocycles. The summed E-state index contributed by atoms with van der Waals surface area (Å²) < 4.78 is 42.2. The van der Waals surface area contributed by atoms with E-state index in [-0.39, 0.29) is 24.4 Å². The van der Waals surface area contributed by atoms with Crippen LogP contribution in [0, 0.1) is 13.8 Å². The maximum absolute atomic E-state index is 13.1. The van der Waals surface area contributed by atoms with Crippen molar-refractivity contribution in [2.75, 3.05) is 6.61 Å². The van der Waals surface area contributed by atoms with Gasteiger partial charge in [0.05, 0.1) is 12.2 Å². The third-order valence-corrected chi connectivity index (χ3v) is 5.46. The van der Waals surface area contributed by atoms with E-state index < -0.39 is 12.6 Å². The van der Waals surface area contributed by atoms with Gasteiger partial charge in [0.2, 0.25) is 5.82 Å². The molecule has 4 rings (SSSR count). The van der Waals surface area contributed by atoms with Crippen molar-refractivity contribution < 1.29 is 17.9 Å². The largest absolute Gasteiger partial charge is 0.494 e. The van der Waals surface area contributed by atoms with Crippen LogP contribution in [0.2, 0.25) is 0 Å². The lowest BCUT2D eigenvalue weighted by atomic mass is 9.95. The van der Waals surface area contributed by atoms with Gasteiger partial charge in [-0.15, -0.1) is 10.2 Å². The van der Waals surface area contributed by atoms with Crippen molar-refractivity contribution in [3.8, 4) is 39.5 Å². The molecule has 0 saturated carbocycles. The molecule has 0 radical (unpaired) electrons. The normalized spacial score (nSPS) is 11.6. The van der Waals surface area contributed by atoms with E-state index in [1.807, 2.05) is 38.1 Å². The Hall–Kier alpha value is -3.95. The first-order chi connectivity index (χ1) is 16.2. The third-order valence-electron chi connectivity index (χ3n) is 5.46. The van der Waals surface area contributed by atoms with Gasteiger partial charge in [-0.2, -0.15) is 18.4 Å². The number of hydrogen-bond donors (Lipinski definition) is 2. The summed E-state index contributed by atoms with van der Waals surface area (Å²) in [5.41, 5.74) is 4.88. The molecule has 0 unspecified atom stereocenters. The zero-order chi connectivity index (χ0) is 24.3. The molecule has 0 aliphatic heterocycles. The number of benzene rings is 2. The average molecular weight is 469 g/mol. The number of tetrazole rings is 1. The van der Waals surface area contributed by atoms with Crippen molar-refractivity contribution in [3.63, 3.8) is 0 Å². The van der Waals surface area contributed by atoms with E-state index in [4.69, 9.17) is 4.74 Å². The minimum atomic E-state index is -4.19. The van der Waals surface area contributed by atoms with Gasteiger partial charge in [-0.25, -0.2) is 0 Å². The van der Waals surface area contributed by atoms with Crippen LogP contribution in [0.3, 0.4) is 0 Å². The highest BCUT2D eigenvalue weighted by molar-refractivity contribution is 5.83. The molecule has 2 N–H and O–H groups in total. The second kappa shape index (κ2) is 9.50. The van der Waals surface area contributed by atoms with Gasteiger partial charge in [-0.3, -0.25) is 4.79 Å².